The molecule has 0 radical (unpaired) electrons. The first-order valence-corrected chi connectivity index (χ1v) is 21.6. The summed E-state index contributed by atoms with van der Waals surface area (Å²) in [6, 6.07) is 46.4. The predicted molar refractivity (Wildman–Crippen MR) is 247 cm³/mol. The monoisotopic (exact) mass is 790 g/mol. The van der Waals surface area contributed by atoms with Crippen LogP contribution in [0.3, 0.4) is 0 Å². The molecule has 8 aromatic rings. The molecule has 5 nitrogen and oxygen atoms in total. The Kier molecular flexibility index (Phi) is 9.67. The van der Waals surface area contributed by atoms with Crippen molar-refractivity contribution < 1.29 is 9.13 Å². The van der Waals surface area contributed by atoms with Crippen LogP contribution in [0.1, 0.15) is 93.4 Å². The number of aromatic nitrogens is 2. The lowest BCUT2D eigenvalue weighted by Gasteiger charge is -2.30. The Labute approximate surface area is 352 Å². The lowest BCUT2D eigenvalue weighted by Crippen LogP contribution is -2.26. The van der Waals surface area contributed by atoms with Gasteiger partial charge in [0.2, 0.25) is 0 Å². The number of ether oxygens (including phenoxy) is 1. The van der Waals surface area contributed by atoms with Crippen LogP contribution in [-0.2, 0) is 0 Å². The highest BCUT2D eigenvalue weighted by molar-refractivity contribution is 6.09. The molecule has 1 aliphatic carbocycles. The van der Waals surface area contributed by atoms with E-state index in [0.29, 0.717) is 12.6 Å². The number of anilines is 4. The van der Waals surface area contributed by atoms with Crippen molar-refractivity contribution in [3.63, 3.8) is 0 Å². The van der Waals surface area contributed by atoms with Crippen molar-refractivity contribution >= 4 is 44.6 Å². The number of nitrogens with zero attached hydrogens (tertiary/aromatic N) is 4. The average molecular weight is 791 g/mol. The van der Waals surface area contributed by atoms with E-state index in [0.717, 1.165) is 45.2 Å². The van der Waals surface area contributed by atoms with Crippen molar-refractivity contribution in [1.82, 2.24) is 9.55 Å². The number of benzene rings is 6. The van der Waals surface area contributed by atoms with Gasteiger partial charge in [0.05, 0.1) is 22.4 Å². The van der Waals surface area contributed by atoms with Gasteiger partial charge in [0.15, 0.2) is 0 Å². The smallest absolute Gasteiger partial charge is 0.137 e. The molecule has 2 aliphatic rings. The van der Waals surface area contributed by atoms with E-state index in [2.05, 4.69) is 152 Å². The average Bonchev–Trinajstić information content (AvgIpc) is 4.00. The fraction of sp³-hybridized carbons (Fsp3) is 0.241. The van der Waals surface area contributed by atoms with Gasteiger partial charge in [0.1, 0.15) is 29.8 Å². The molecule has 2 aromatic heterocycles. The van der Waals surface area contributed by atoms with E-state index in [-0.39, 0.29) is 17.7 Å². The van der Waals surface area contributed by atoms with Crippen molar-refractivity contribution in [1.29, 1.82) is 0 Å². The van der Waals surface area contributed by atoms with Crippen LogP contribution in [0.25, 0.3) is 38.8 Å². The number of para-hydroxylation sites is 3. The molecule has 1 aliphatic heterocycles. The van der Waals surface area contributed by atoms with Crippen LogP contribution >= 0.6 is 0 Å². The summed E-state index contributed by atoms with van der Waals surface area (Å²) >= 11 is 0. The van der Waals surface area contributed by atoms with Crippen LogP contribution in [0.4, 0.5) is 27.1 Å². The summed E-state index contributed by atoms with van der Waals surface area (Å²) in [6.45, 7) is 11.8. The maximum atomic E-state index is 14.5. The van der Waals surface area contributed by atoms with E-state index < -0.39 is 0 Å². The SMILES string of the molecule is Cc1ccnc(-n2c3ccccc3c3ccc(Oc4cc(C5CCCC5)cc(N5CN(c6c(C(C)C)cc(-c7cccc(F)c7)cc6C(C)C)c6ccccc65)c4)cc32)c1. The highest BCUT2D eigenvalue weighted by Gasteiger charge is 2.33. The Balaban J connectivity index is 1.07. The summed E-state index contributed by atoms with van der Waals surface area (Å²) in [6.07, 6.45) is 6.76. The molecule has 0 amide bonds. The van der Waals surface area contributed by atoms with Gasteiger partial charge < -0.3 is 14.5 Å². The largest absolute Gasteiger partial charge is 0.457 e. The standard InChI is InChI=1S/C54H51FN4O/c1-34(2)47-29-40(38-15-12-16-41(55)26-38)30-48(35(3)4)54(47)58-33-57(50-19-10-11-20-51(50)58)42-27-39(37-13-6-7-14-37)28-44(31-42)60-43-21-22-46-45-17-8-9-18-49(45)59(52(46)32-43)53-25-36(5)23-24-56-53/h8-12,15-32,34-35,37H,6-7,13-14,33H2,1-5H3. The first kappa shape index (κ1) is 37.8. The third-order valence-corrected chi connectivity index (χ3v) is 12.6. The summed E-state index contributed by atoms with van der Waals surface area (Å²) in [7, 11) is 0. The van der Waals surface area contributed by atoms with Crippen LogP contribution in [0, 0.1) is 12.7 Å². The number of aryl methyl sites for hydroxylation is 1. The Morgan fingerprint density at radius 3 is 2.08 bits per heavy atom. The zero-order valence-electron chi connectivity index (χ0n) is 35.1. The Hall–Kier alpha value is -6.40. The van der Waals surface area contributed by atoms with E-state index in [1.54, 1.807) is 12.1 Å². The van der Waals surface area contributed by atoms with Crippen LogP contribution < -0.4 is 14.5 Å². The first-order chi connectivity index (χ1) is 29.2. The molecule has 3 heterocycles. The molecule has 0 N–H and O–H groups in total. The lowest BCUT2D eigenvalue weighted by molar-refractivity contribution is 0.482. The molecule has 1 fully saturated rings. The summed E-state index contributed by atoms with van der Waals surface area (Å²) in [5.41, 5.74) is 13.9. The number of halogens is 1. The van der Waals surface area contributed by atoms with Gasteiger partial charge >= 0.3 is 0 Å². The number of rotatable bonds is 9. The predicted octanol–water partition coefficient (Wildman–Crippen LogP) is 15.2. The number of hydrogen-bond donors (Lipinski definition) is 0. The molecule has 1 saturated carbocycles. The van der Waals surface area contributed by atoms with Crippen LogP contribution in [0.5, 0.6) is 11.5 Å². The molecular formula is C54H51FN4O. The second-order valence-corrected chi connectivity index (χ2v) is 17.4. The minimum absolute atomic E-state index is 0.218. The van der Waals surface area contributed by atoms with E-state index in [1.165, 1.54) is 81.8 Å². The van der Waals surface area contributed by atoms with Crippen molar-refractivity contribution in [2.45, 2.75) is 78.1 Å². The third-order valence-electron chi connectivity index (χ3n) is 12.6. The Morgan fingerprint density at radius 2 is 1.35 bits per heavy atom. The third kappa shape index (κ3) is 6.78. The zero-order chi connectivity index (χ0) is 41.1. The van der Waals surface area contributed by atoms with Gasteiger partial charge in [-0.1, -0.05) is 83.0 Å². The second kappa shape index (κ2) is 15.3. The molecule has 0 unspecified atom stereocenters. The number of pyridine rings is 1. The fourth-order valence-electron chi connectivity index (χ4n) is 9.69. The van der Waals surface area contributed by atoms with Gasteiger partial charge in [-0.25, -0.2) is 9.37 Å². The van der Waals surface area contributed by atoms with E-state index in [4.69, 9.17) is 9.72 Å². The number of fused-ring (bicyclic) bond motifs is 4. The van der Waals surface area contributed by atoms with Crippen molar-refractivity contribution in [3.05, 3.63) is 168 Å². The quantitative estimate of drug-likeness (QED) is 0.146. The van der Waals surface area contributed by atoms with Crippen LogP contribution in [-0.4, -0.2) is 16.2 Å². The fourth-order valence-corrected chi connectivity index (χ4v) is 9.69. The van der Waals surface area contributed by atoms with Crippen molar-refractivity contribution in [2.24, 2.45) is 0 Å². The highest BCUT2D eigenvalue weighted by Crippen LogP contribution is 2.50. The second-order valence-electron chi connectivity index (χ2n) is 17.4. The van der Waals surface area contributed by atoms with Gasteiger partial charge in [-0.15, -0.1) is 0 Å². The molecule has 0 spiro atoms. The molecule has 60 heavy (non-hydrogen) atoms. The molecule has 300 valence electrons. The minimum atomic E-state index is -0.218. The highest BCUT2D eigenvalue weighted by atomic mass is 19.1. The summed E-state index contributed by atoms with van der Waals surface area (Å²) in [5.74, 6) is 3.29. The maximum Gasteiger partial charge on any atom is 0.137 e. The molecule has 10 rings (SSSR count). The van der Waals surface area contributed by atoms with E-state index in [9.17, 15) is 4.39 Å². The Morgan fingerprint density at radius 1 is 0.633 bits per heavy atom. The molecular weight excluding hydrogens is 740 g/mol. The summed E-state index contributed by atoms with van der Waals surface area (Å²) in [4.78, 5) is 9.77. The van der Waals surface area contributed by atoms with Gasteiger partial charge in [-0.2, -0.15) is 0 Å². The van der Waals surface area contributed by atoms with Crippen molar-refractivity contribution in [3.8, 4) is 28.4 Å². The molecule has 6 heteroatoms. The van der Waals surface area contributed by atoms with Gasteiger partial charge in [-0.3, -0.25) is 4.57 Å². The topological polar surface area (TPSA) is 33.5 Å². The number of hydrogen-bond acceptors (Lipinski definition) is 4. The van der Waals surface area contributed by atoms with Crippen LogP contribution in [0.15, 0.2) is 140 Å². The first-order valence-electron chi connectivity index (χ1n) is 21.6. The lowest BCUT2D eigenvalue weighted by atomic mass is 9.87. The Bertz CT molecular complexity index is 2870. The normalized spacial score (nSPS) is 14.3. The van der Waals surface area contributed by atoms with E-state index in [1.807, 2.05) is 18.3 Å². The molecule has 0 atom stereocenters. The summed E-state index contributed by atoms with van der Waals surface area (Å²) in [5, 5.41) is 2.36. The van der Waals surface area contributed by atoms with Gasteiger partial charge in [0.25, 0.3) is 0 Å². The molecule has 0 saturated heterocycles. The summed E-state index contributed by atoms with van der Waals surface area (Å²) < 4.78 is 23.7. The molecule has 6 aromatic carbocycles. The maximum absolute atomic E-state index is 14.5. The van der Waals surface area contributed by atoms with E-state index >= 15 is 0 Å². The van der Waals surface area contributed by atoms with Crippen LogP contribution in [0.2, 0.25) is 0 Å². The zero-order valence-corrected chi connectivity index (χ0v) is 35.1. The van der Waals surface area contributed by atoms with Gasteiger partial charge in [0, 0.05) is 40.5 Å². The van der Waals surface area contributed by atoms with Crippen molar-refractivity contribution in [2.75, 3.05) is 16.5 Å². The van der Waals surface area contributed by atoms with Gasteiger partial charge in [-0.05, 0) is 150 Å². The minimum Gasteiger partial charge on any atom is -0.457 e. The molecule has 0 bridgehead atoms.